The van der Waals surface area contributed by atoms with Crippen molar-refractivity contribution in [2.24, 2.45) is 5.41 Å². The van der Waals surface area contributed by atoms with Crippen LogP contribution in [0.1, 0.15) is 69.1 Å². The molecule has 4 aromatic carbocycles. The van der Waals surface area contributed by atoms with E-state index in [1.165, 1.54) is 92.0 Å². The van der Waals surface area contributed by atoms with Gasteiger partial charge in [-0.3, -0.25) is 9.59 Å². The van der Waals surface area contributed by atoms with Crippen LogP contribution in [0.4, 0.5) is 13.2 Å². The standard InChI is InChI=1S/C22H26ClFN2O4S.C20H21ClF2N2O3S/c1-22(2)10-11-25-21(27)20(13-22)26(14-15-4-7-17(30-3)12-19(15)24)31(28,29)18-8-5-16(23)6-9-18;21-16-8-10-17(11-9-16)29(27,28)25(18-3-1-2-12-24-20(18)26)13-14-4-6-15(7-5-14)19(22)23/h4-9,12,20H,10-11,13-14H2,1-3H3,(H,25,27);4-11,18-19H,1-3,12-13H2,(H,24,26)/t20-;/m1./s1. The predicted molar refractivity (Wildman–Crippen MR) is 223 cm³/mol. The molecule has 2 aliphatic heterocycles. The van der Waals surface area contributed by atoms with Gasteiger partial charge in [-0.15, -0.1) is 0 Å². The Hall–Kier alpha value is -4.19. The molecular weight excluding hydrogens is 865 g/mol. The summed E-state index contributed by atoms with van der Waals surface area (Å²) in [6.45, 7) is 4.52. The number of carbonyl (C=O) groups is 2. The highest BCUT2D eigenvalue weighted by Gasteiger charge is 2.41. The Bertz CT molecular complexity index is 2340. The van der Waals surface area contributed by atoms with Crippen LogP contribution in [0.25, 0.3) is 0 Å². The number of hydrogen-bond donors (Lipinski definition) is 2. The van der Waals surface area contributed by atoms with Gasteiger partial charge in [-0.2, -0.15) is 8.61 Å². The maximum atomic E-state index is 14.7. The third-order valence-corrected chi connectivity index (χ3v) is 14.6. The molecule has 1 unspecified atom stereocenters. The fourth-order valence-corrected chi connectivity index (χ4v) is 10.3. The van der Waals surface area contributed by atoms with Gasteiger partial charge in [-0.1, -0.05) is 67.4 Å². The number of alkyl halides is 2. The first-order valence-corrected chi connectivity index (χ1v) is 22.8. The number of rotatable bonds is 12. The van der Waals surface area contributed by atoms with Crippen molar-refractivity contribution in [2.75, 3.05) is 20.2 Å². The number of amides is 2. The number of sulfonamides is 2. The molecule has 0 aromatic heterocycles. The van der Waals surface area contributed by atoms with E-state index in [1.54, 1.807) is 6.07 Å². The largest absolute Gasteiger partial charge is 0.497 e. The Kier molecular flexibility index (Phi) is 15.7. The minimum atomic E-state index is -4.13. The first-order chi connectivity index (χ1) is 28.3. The zero-order valence-electron chi connectivity index (χ0n) is 33.2. The molecule has 2 atom stereocenters. The molecule has 0 aliphatic carbocycles. The second kappa shape index (κ2) is 20.1. The molecule has 60 heavy (non-hydrogen) atoms. The van der Waals surface area contributed by atoms with E-state index in [4.69, 9.17) is 27.9 Å². The highest BCUT2D eigenvalue weighted by Crippen LogP contribution is 2.34. The van der Waals surface area contributed by atoms with E-state index >= 15 is 0 Å². The van der Waals surface area contributed by atoms with Gasteiger partial charge in [-0.05, 0) is 97.7 Å². The monoisotopic (exact) mass is 910 g/mol. The zero-order valence-corrected chi connectivity index (χ0v) is 36.4. The summed E-state index contributed by atoms with van der Waals surface area (Å²) in [4.78, 5) is 25.5. The molecule has 2 N–H and O–H groups in total. The Labute approximate surface area is 359 Å². The lowest BCUT2D eigenvalue weighted by molar-refractivity contribution is -0.125. The first kappa shape index (κ1) is 46.9. The van der Waals surface area contributed by atoms with Crippen molar-refractivity contribution in [3.05, 3.63) is 124 Å². The second-order valence-electron chi connectivity index (χ2n) is 15.2. The third kappa shape index (κ3) is 11.8. The van der Waals surface area contributed by atoms with Gasteiger partial charge in [0, 0.05) is 53.4 Å². The quantitative estimate of drug-likeness (QED) is 0.146. The fourth-order valence-electron chi connectivity index (χ4n) is 6.90. The van der Waals surface area contributed by atoms with Gasteiger partial charge in [0.15, 0.2) is 0 Å². The molecule has 6 rings (SSSR count). The van der Waals surface area contributed by atoms with E-state index in [1.807, 2.05) is 13.8 Å². The SMILES string of the molecule is COc1ccc(CN([C@@H]2CC(C)(C)CCNC2=O)S(=O)(=O)c2ccc(Cl)cc2)c(F)c1.O=C1NCCCCC1N(Cc1ccc(C(F)F)cc1)S(=O)(=O)c1ccc(Cl)cc1. The van der Waals surface area contributed by atoms with Gasteiger partial charge in [0.05, 0.1) is 16.9 Å². The average Bonchev–Trinajstić information content (AvgIpc) is 3.50. The smallest absolute Gasteiger partial charge is 0.263 e. The summed E-state index contributed by atoms with van der Waals surface area (Å²) >= 11 is 11.8. The number of halogens is 5. The van der Waals surface area contributed by atoms with E-state index in [9.17, 15) is 39.6 Å². The lowest BCUT2D eigenvalue weighted by Crippen LogP contribution is -2.49. The highest BCUT2D eigenvalue weighted by molar-refractivity contribution is 7.89. The van der Waals surface area contributed by atoms with Gasteiger partial charge < -0.3 is 15.4 Å². The number of methoxy groups -OCH3 is 1. The number of hydrogen-bond acceptors (Lipinski definition) is 7. The van der Waals surface area contributed by atoms with Gasteiger partial charge in [0.2, 0.25) is 31.9 Å². The average molecular weight is 912 g/mol. The highest BCUT2D eigenvalue weighted by atomic mass is 35.5. The Morgan fingerprint density at radius 2 is 1.28 bits per heavy atom. The van der Waals surface area contributed by atoms with Crippen molar-refractivity contribution >= 4 is 55.1 Å². The van der Waals surface area contributed by atoms with Crippen molar-refractivity contribution in [1.82, 2.24) is 19.2 Å². The zero-order chi connectivity index (χ0) is 43.8. The lowest BCUT2D eigenvalue weighted by atomic mass is 9.83. The van der Waals surface area contributed by atoms with E-state index in [2.05, 4.69) is 10.6 Å². The molecule has 0 radical (unpaired) electrons. The third-order valence-electron chi connectivity index (χ3n) is 10.3. The van der Waals surface area contributed by atoms with Crippen molar-refractivity contribution in [2.45, 2.75) is 87.3 Å². The molecule has 2 fully saturated rings. The number of carbonyl (C=O) groups excluding carboxylic acids is 2. The van der Waals surface area contributed by atoms with Gasteiger partial charge in [0.25, 0.3) is 6.43 Å². The van der Waals surface area contributed by atoms with Crippen molar-refractivity contribution in [3.63, 3.8) is 0 Å². The summed E-state index contributed by atoms with van der Waals surface area (Å²) in [7, 11) is -6.74. The maximum absolute atomic E-state index is 14.7. The van der Waals surface area contributed by atoms with Crippen LogP contribution >= 0.6 is 23.2 Å². The summed E-state index contributed by atoms with van der Waals surface area (Å²) in [6.07, 6.45) is 0.254. The van der Waals surface area contributed by atoms with Crippen molar-refractivity contribution in [3.8, 4) is 5.75 Å². The molecule has 2 amide bonds. The molecule has 0 bridgehead atoms. The molecule has 4 aromatic rings. The van der Waals surface area contributed by atoms with Crippen molar-refractivity contribution in [1.29, 1.82) is 0 Å². The first-order valence-electron chi connectivity index (χ1n) is 19.1. The number of benzene rings is 4. The van der Waals surface area contributed by atoms with Crippen LogP contribution < -0.4 is 15.4 Å². The molecule has 11 nitrogen and oxygen atoms in total. The summed E-state index contributed by atoms with van der Waals surface area (Å²) < 4.78 is 102. The van der Waals surface area contributed by atoms with Gasteiger partial charge >= 0.3 is 0 Å². The molecule has 18 heteroatoms. The Balaban J connectivity index is 0.000000228. The van der Waals surface area contributed by atoms with Crippen LogP contribution in [0.5, 0.6) is 5.75 Å². The second-order valence-corrected chi connectivity index (χ2v) is 19.9. The molecule has 2 aliphatic rings. The number of ether oxygens (including phenoxy) is 1. The van der Waals surface area contributed by atoms with Crippen LogP contribution in [0.2, 0.25) is 10.0 Å². The van der Waals surface area contributed by atoms with Gasteiger partial charge in [0.1, 0.15) is 23.7 Å². The van der Waals surface area contributed by atoms with E-state index in [-0.39, 0.29) is 45.3 Å². The van der Waals surface area contributed by atoms with Crippen LogP contribution in [0.15, 0.2) is 101 Å². The Morgan fingerprint density at radius 1 is 0.750 bits per heavy atom. The molecule has 2 heterocycles. The predicted octanol–water partition coefficient (Wildman–Crippen LogP) is 8.12. The fraction of sp³-hybridized carbons (Fsp3) is 0.381. The molecular formula is C42H47Cl2F3N4O7S2. The van der Waals surface area contributed by atoms with Crippen LogP contribution in [0, 0.1) is 11.2 Å². The summed E-state index contributed by atoms with van der Waals surface area (Å²) in [5.74, 6) is -1.04. The minimum Gasteiger partial charge on any atom is -0.497 e. The molecule has 2 saturated heterocycles. The maximum Gasteiger partial charge on any atom is 0.263 e. The van der Waals surface area contributed by atoms with Gasteiger partial charge in [-0.25, -0.2) is 30.0 Å². The molecule has 324 valence electrons. The van der Waals surface area contributed by atoms with E-state index in [0.717, 1.165) is 15.0 Å². The summed E-state index contributed by atoms with van der Waals surface area (Å²) in [5, 5.41) is 6.34. The van der Waals surface area contributed by atoms with E-state index < -0.39 is 50.3 Å². The molecule has 0 saturated carbocycles. The van der Waals surface area contributed by atoms with Crippen molar-refractivity contribution < 1.29 is 44.3 Å². The Morgan fingerprint density at radius 3 is 1.82 bits per heavy atom. The number of nitrogens with one attached hydrogen (secondary N) is 2. The number of nitrogens with zero attached hydrogens (tertiary/aromatic N) is 2. The normalized spacial score (nSPS) is 18.5. The summed E-state index contributed by atoms with van der Waals surface area (Å²) in [5.41, 5.74) is 0.237. The lowest BCUT2D eigenvalue weighted by Gasteiger charge is -2.33. The van der Waals surface area contributed by atoms with E-state index in [0.29, 0.717) is 60.1 Å². The van der Waals surface area contributed by atoms with Crippen LogP contribution in [-0.4, -0.2) is 69.5 Å². The molecule has 0 spiro atoms. The minimum absolute atomic E-state index is 0.0133. The van der Waals surface area contributed by atoms with Crippen LogP contribution in [-0.2, 0) is 42.7 Å². The topological polar surface area (TPSA) is 142 Å². The summed E-state index contributed by atoms with van der Waals surface area (Å²) in [6, 6.07) is 19.2. The van der Waals surface area contributed by atoms with Crippen LogP contribution in [0.3, 0.4) is 0 Å².